The van der Waals surface area contributed by atoms with Crippen LogP contribution in [0.25, 0.3) is 0 Å². The average Bonchev–Trinajstić information content (AvgIpc) is 3.55. The van der Waals surface area contributed by atoms with Gasteiger partial charge in [-0.3, -0.25) is 0 Å². The molecule has 2 saturated heterocycles. The van der Waals surface area contributed by atoms with Gasteiger partial charge in [0.1, 0.15) is 5.75 Å². The van der Waals surface area contributed by atoms with Crippen LogP contribution in [0.1, 0.15) is 54.3 Å². The first kappa shape index (κ1) is 23.0. The number of urea groups is 1. The molecule has 1 saturated carbocycles. The van der Waals surface area contributed by atoms with Gasteiger partial charge in [0, 0.05) is 38.0 Å². The van der Waals surface area contributed by atoms with E-state index in [1.54, 1.807) is 21.9 Å². The molecule has 1 aliphatic carbocycles. The number of nitrogens with zero attached hydrogens (tertiary/aromatic N) is 4. The Morgan fingerprint density at radius 2 is 1.71 bits per heavy atom. The molecule has 2 unspecified atom stereocenters. The molecule has 2 aliphatic heterocycles. The summed E-state index contributed by atoms with van der Waals surface area (Å²) in [6.07, 6.45) is 2.74. The lowest BCUT2D eigenvalue weighted by atomic mass is 9.84. The second-order valence-corrected chi connectivity index (χ2v) is 11.5. The molecule has 1 aromatic heterocycles. The molecule has 2 aromatic rings. The number of halogens is 2. The highest BCUT2D eigenvalue weighted by atomic mass is 32.2. The summed E-state index contributed by atoms with van der Waals surface area (Å²) in [5, 5.41) is 4.11. The number of sulfone groups is 1. The minimum atomic E-state index is -3.11. The molecule has 2 amide bonds. The number of likely N-dealkylation sites (tertiary alicyclic amines) is 1. The van der Waals surface area contributed by atoms with Crippen LogP contribution in [-0.4, -0.2) is 78.7 Å². The molecule has 3 heterocycles. The highest BCUT2D eigenvalue weighted by molar-refractivity contribution is 7.91. The first-order valence-corrected chi connectivity index (χ1v) is 13.2. The quantitative estimate of drug-likeness (QED) is 0.627. The number of carbonyl (C=O) groups excluding carboxylic acids is 1. The summed E-state index contributed by atoms with van der Waals surface area (Å²) in [4.78, 5) is 21.2. The van der Waals surface area contributed by atoms with E-state index in [0.29, 0.717) is 37.1 Å². The van der Waals surface area contributed by atoms with Crippen LogP contribution in [0, 0.1) is 0 Å². The Labute approximate surface area is 196 Å². The predicted octanol–water partition coefficient (Wildman–Crippen LogP) is 2.97. The van der Waals surface area contributed by atoms with Crippen molar-refractivity contribution in [2.45, 2.75) is 43.6 Å². The smallest absolute Gasteiger partial charge is 0.387 e. The third-order valence-electron chi connectivity index (χ3n) is 6.66. The monoisotopic (exact) mass is 496 g/mol. The lowest BCUT2D eigenvalue weighted by Gasteiger charge is -2.40. The summed E-state index contributed by atoms with van der Waals surface area (Å²) < 4.78 is 58.6. The van der Waals surface area contributed by atoms with Gasteiger partial charge in [-0.2, -0.15) is 13.8 Å². The van der Waals surface area contributed by atoms with E-state index >= 15 is 0 Å². The zero-order valence-electron chi connectivity index (χ0n) is 18.5. The summed E-state index contributed by atoms with van der Waals surface area (Å²) >= 11 is 0. The molecule has 34 heavy (non-hydrogen) atoms. The number of ether oxygens (including phenoxy) is 1. The normalized spacial score (nSPS) is 24.9. The van der Waals surface area contributed by atoms with Gasteiger partial charge in [-0.25, -0.2) is 13.2 Å². The van der Waals surface area contributed by atoms with Crippen LogP contribution in [0.2, 0.25) is 0 Å². The van der Waals surface area contributed by atoms with Crippen LogP contribution in [-0.2, 0) is 9.84 Å². The maximum absolute atomic E-state index is 13.3. The van der Waals surface area contributed by atoms with Crippen LogP contribution in [0.5, 0.6) is 5.75 Å². The van der Waals surface area contributed by atoms with Crippen LogP contribution in [0.15, 0.2) is 28.8 Å². The molecule has 0 radical (unpaired) electrons. The topological polar surface area (TPSA) is 106 Å². The summed E-state index contributed by atoms with van der Waals surface area (Å²) in [6, 6.07) is 6.22. The first-order chi connectivity index (χ1) is 16.3. The number of benzene rings is 1. The van der Waals surface area contributed by atoms with Crippen LogP contribution >= 0.6 is 0 Å². The minimum absolute atomic E-state index is 0.0422. The number of amides is 2. The van der Waals surface area contributed by atoms with Gasteiger partial charge in [0.15, 0.2) is 15.7 Å². The highest BCUT2D eigenvalue weighted by Gasteiger charge is 2.38. The molecule has 1 aromatic carbocycles. The highest BCUT2D eigenvalue weighted by Crippen LogP contribution is 2.40. The third-order valence-corrected chi connectivity index (χ3v) is 8.27. The van der Waals surface area contributed by atoms with Gasteiger partial charge in [0.2, 0.25) is 5.89 Å². The van der Waals surface area contributed by atoms with Crippen molar-refractivity contribution in [3.63, 3.8) is 0 Å². The number of alkyl halides is 2. The van der Waals surface area contributed by atoms with Crippen LogP contribution in [0.4, 0.5) is 13.6 Å². The van der Waals surface area contributed by atoms with Gasteiger partial charge in [-0.15, -0.1) is 0 Å². The summed E-state index contributed by atoms with van der Waals surface area (Å²) in [6.45, 7) is -1.77. The minimum Gasteiger partial charge on any atom is -0.435 e. The fourth-order valence-electron chi connectivity index (χ4n) is 4.62. The molecule has 0 N–H and O–H groups in total. The van der Waals surface area contributed by atoms with E-state index in [2.05, 4.69) is 14.9 Å². The number of piperidine rings is 1. The molecule has 0 spiro atoms. The Balaban J connectivity index is 1.36. The largest absolute Gasteiger partial charge is 0.435 e. The second-order valence-electron chi connectivity index (χ2n) is 9.17. The summed E-state index contributed by atoms with van der Waals surface area (Å²) in [7, 11) is -3.11. The molecular weight excluding hydrogens is 470 g/mol. The van der Waals surface area contributed by atoms with Crippen LogP contribution < -0.4 is 4.74 Å². The van der Waals surface area contributed by atoms with E-state index in [9.17, 15) is 22.0 Å². The second kappa shape index (κ2) is 9.12. The first-order valence-electron chi connectivity index (χ1n) is 11.4. The lowest BCUT2D eigenvalue weighted by molar-refractivity contribution is -0.0498. The van der Waals surface area contributed by atoms with E-state index in [0.717, 1.165) is 18.4 Å². The lowest BCUT2D eigenvalue weighted by Crippen LogP contribution is -2.53. The van der Waals surface area contributed by atoms with Crippen molar-refractivity contribution in [1.82, 2.24) is 19.9 Å². The van der Waals surface area contributed by atoms with Crippen molar-refractivity contribution in [3.05, 3.63) is 41.5 Å². The van der Waals surface area contributed by atoms with E-state index in [1.165, 1.54) is 12.1 Å². The van der Waals surface area contributed by atoms with E-state index in [-0.39, 0.29) is 48.2 Å². The van der Waals surface area contributed by atoms with Gasteiger partial charge < -0.3 is 19.1 Å². The summed E-state index contributed by atoms with van der Waals surface area (Å²) in [5.41, 5.74) is 0.882. The van der Waals surface area contributed by atoms with E-state index in [4.69, 9.17) is 4.52 Å². The Kier molecular flexibility index (Phi) is 6.17. The predicted molar refractivity (Wildman–Crippen MR) is 117 cm³/mol. The van der Waals surface area contributed by atoms with Crippen molar-refractivity contribution in [2.24, 2.45) is 0 Å². The van der Waals surface area contributed by atoms with E-state index < -0.39 is 16.4 Å². The molecular formula is C22H26F2N4O5S. The van der Waals surface area contributed by atoms with Gasteiger partial charge in [0.05, 0.1) is 17.4 Å². The Hall–Kier alpha value is -2.76. The maximum atomic E-state index is 13.3. The fraction of sp³-hybridized carbons (Fsp3) is 0.591. The third kappa shape index (κ3) is 5.16. The zero-order valence-corrected chi connectivity index (χ0v) is 19.3. The zero-order chi connectivity index (χ0) is 23.9. The van der Waals surface area contributed by atoms with Gasteiger partial charge in [0.25, 0.3) is 0 Å². The molecule has 12 heteroatoms. The van der Waals surface area contributed by atoms with Gasteiger partial charge >= 0.3 is 12.6 Å². The van der Waals surface area contributed by atoms with Crippen molar-refractivity contribution >= 4 is 15.9 Å². The Morgan fingerprint density at radius 1 is 1.03 bits per heavy atom. The van der Waals surface area contributed by atoms with E-state index in [1.807, 2.05) is 0 Å². The molecule has 3 fully saturated rings. The van der Waals surface area contributed by atoms with Crippen LogP contribution in [0.3, 0.4) is 0 Å². The Morgan fingerprint density at radius 3 is 2.35 bits per heavy atom. The average molecular weight is 497 g/mol. The Bertz CT molecular complexity index is 1120. The molecule has 3 aliphatic rings. The molecule has 184 valence electrons. The number of carbonyl (C=O) groups is 1. The number of hydrogen-bond donors (Lipinski definition) is 0. The van der Waals surface area contributed by atoms with Gasteiger partial charge in [-0.1, -0.05) is 17.3 Å². The number of hydrogen-bond acceptors (Lipinski definition) is 7. The molecule has 5 rings (SSSR count). The molecule has 0 bridgehead atoms. The fourth-order valence-corrected chi connectivity index (χ4v) is 5.82. The molecule has 9 nitrogen and oxygen atoms in total. The maximum Gasteiger partial charge on any atom is 0.387 e. The van der Waals surface area contributed by atoms with Crippen molar-refractivity contribution in [2.75, 3.05) is 37.7 Å². The van der Waals surface area contributed by atoms with Crippen molar-refractivity contribution < 1.29 is 31.3 Å². The summed E-state index contributed by atoms with van der Waals surface area (Å²) in [5.74, 6) is 1.24. The van der Waals surface area contributed by atoms with Crippen molar-refractivity contribution in [1.29, 1.82) is 0 Å². The van der Waals surface area contributed by atoms with Gasteiger partial charge in [-0.05, 0) is 37.0 Å². The SMILES string of the molecule is O=C(N1CCS(=O)(=O)CC1)N1CC(c2ccc(OC(F)F)cc2)CC(c2nc(C3CC3)no2)C1. The molecule has 2 atom stereocenters. The van der Waals surface area contributed by atoms with Crippen molar-refractivity contribution in [3.8, 4) is 5.75 Å². The number of aromatic nitrogens is 2. The standard InChI is InChI=1S/C22H26F2N4O5S/c23-21(24)32-18-5-3-14(4-6-18)16-11-17(20-25-19(26-33-20)15-1-2-15)13-28(12-16)22(29)27-7-9-34(30,31)10-8-27/h3-6,15-17,21H,1-2,7-13H2. The number of rotatable bonds is 5.